The average Bonchev–Trinajstić information content (AvgIpc) is 0.938. The number of carbonyl (C=O) groups excluding carboxylic acids is 5. The number of nitrogens with zero attached hydrogens (tertiary/aromatic N) is 4. The molecule has 0 saturated carbocycles. The van der Waals surface area contributed by atoms with Crippen LogP contribution < -0.4 is 0 Å². The van der Waals surface area contributed by atoms with Crippen molar-refractivity contribution in [3.8, 4) is 0 Å². The molecule has 104 heavy (non-hydrogen) atoms. The largest absolute Gasteiger partial charge is 0.457 e. The third-order valence-corrected chi connectivity index (χ3v) is 21.9. The van der Waals surface area contributed by atoms with Crippen LogP contribution in [0.25, 0.3) is 0 Å². The van der Waals surface area contributed by atoms with E-state index >= 15 is 0 Å². The molecule has 0 aliphatic carbocycles. The lowest BCUT2D eigenvalue weighted by Crippen LogP contribution is -2.46. The van der Waals surface area contributed by atoms with Crippen molar-refractivity contribution in [3.63, 3.8) is 0 Å². The van der Waals surface area contributed by atoms with E-state index in [9.17, 15) is 34.2 Å². The van der Waals surface area contributed by atoms with Gasteiger partial charge in [0.25, 0.3) is 0 Å². The molecule has 5 aliphatic heterocycles. The SMILES string of the molecule is CC(C)(C)CCCCC(C(=O)N1CCC(O)C1)C(C)(C)C.CC(C)(C)CCCCC(C(=O)N1CCC(O)CC1)C(C)(C)C.CC(C)(C)CCCCC(C(=O)N1CCCC1)C(C)(C)C.CC(C)(C)CCCCC(C(=O)N1CCOCC1)C(C)(C)C.CC(C)(C)CCCCC(C(=O)OC1COC1)C(C)(C)C. The second kappa shape index (κ2) is 44.9. The second-order valence-corrected chi connectivity index (χ2v) is 44.0. The number of ether oxygens (including phenoxy) is 3. The highest BCUT2D eigenvalue weighted by Crippen LogP contribution is 2.40. The van der Waals surface area contributed by atoms with Gasteiger partial charge < -0.3 is 44.0 Å². The molecule has 0 aromatic heterocycles. The van der Waals surface area contributed by atoms with Gasteiger partial charge in [0, 0.05) is 76.0 Å². The summed E-state index contributed by atoms with van der Waals surface area (Å²) in [6, 6.07) is 0. The van der Waals surface area contributed by atoms with E-state index in [1.165, 1.54) is 83.5 Å². The van der Waals surface area contributed by atoms with Gasteiger partial charge in [0.1, 0.15) is 6.10 Å². The predicted molar refractivity (Wildman–Crippen MR) is 437 cm³/mol. The first-order chi connectivity index (χ1) is 47.3. The van der Waals surface area contributed by atoms with Gasteiger partial charge in [-0.2, -0.15) is 0 Å². The number of β-amino-alcohol motifs (C(OH)–C–C–N with tert-alkyl or cyclic N) is 1. The van der Waals surface area contributed by atoms with Crippen LogP contribution in [0.1, 0.15) is 368 Å². The lowest BCUT2D eigenvalue weighted by molar-refractivity contribution is -0.180. The molecule has 614 valence electrons. The molecular formula is C90H174N4O10. The minimum absolute atomic E-state index is 0.00758. The minimum atomic E-state index is -0.324. The summed E-state index contributed by atoms with van der Waals surface area (Å²) < 4.78 is 15.9. The van der Waals surface area contributed by atoms with Gasteiger partial charge in [-0.1, -0.05) is 272 Å². The van der Waals surface area contributed by atoms with E-state index in [1.54, 1.807) is 0 Å². The van der Waals surface area contributed by atoms with Gasteiger partial charge in [-0.05, 0) is 150 Å². The normalized spacial score (nSPS) is 19.3. The molecule has 0 aromatic rings. The number of carbonyl (C=O) groups is 5. The van der Waals surface area contributed by atoms with Crippen molar-refractivity contribution >= 4 is 29.6 Å². The van der Waals surface area contributed by atoms with Crippen LogP contribution in [0.15, 0.2) is 0 Å². The van der Waals surface area contributed by atoms with Gasteiger partial charge in [-0.25, -0.2) is 0 Å². The number of morpholine rings is 1. The lowest BCUT2D eigenvalue weighted by Gasteiger charge is -2.37. The lowest BCUT2D eigenvalue weighted by atomic mass is 9.76. The Morgan fingerprint density at radius 1 is 0.327 bits per heavy atom. The molecule has 5 fully saturated rings. The molecule has 5 saturated heterocycles. The Morgan fingerprint density at radius 2 is 0.577 bits per heavy atom. The number of amides is 4. The van der Waals surface area contributed by atoms with Gasteiger partial charge in [0.15, 0.2) is 0 Å². The van der Waals surface area contributed by atoms with Gasteiger partial charge in [-0.3, -0.25) is 24.0 Å². The molecule has 5 heterocycles. The van der Waals surface area contributed by atoms with Crippen molar-refractivity contribution in [2.24, 2.45) is 83.7 Å². The molecule has 0 radical (unpaired) electrons. The Bertz CT molecular complexity index is 2330. The highest BCUT2D eigenvalue weighted by atomic mass is 16.6. The third-order valence-electron chi connectivity index (χ3n) is 21.9. The predicted octanol–water partition coefficient (Wildman–Crippen LogP) is 21.3. The number of aliphatic hydroxyl groups excluding tert-OH is 2. The van der Waals surface area contributed by atoms with Crippen LogP contribution in [0, 0.1) is 83.7 Å². The Balaban J connectivity index is 0.000000650. The van der Waals surface area contributed by atoms with Gasteiger partial charge in [-0.15, -0.1) is 0 Å². The summed E-state index contributed by atoms with van der Waals surface area (Å²) in [6.07, 6.45) is 26.7. The summed E-state index contributed by atoms with van der Waals surface area (Å²) in [7, 11) is 0. The van der Waals surface area contributed by atoms with Gasteiger partial charge >= 0.3 is 5.97 Å². The number of unbranched alkanes of at least 4 members (excludes halogenated alkanes) is 5. The highest BCUT2D eigenvalue weighted by molar-refractivity contribution is 5.81. The summed E-state index contributed by atoms with van der Waals surface area (Å²) in [5.41, 5.74) is 2.02. The number of piperidine rings is 1. The van der Waals surface area contributed by atoms with E-state index in [1.807, 2.05) is 14.7 Å². The van der Waals surface area contributed by atoms with Crippen LogP contribution in [0.2, 0.25) is 0 Å². The van der Waals surface area contributed by atoms with Crippen molar-refractivity contribution in [2.75, 3.05) is 78.8 Å². The molecule has 14 nitrogen and oxygen atoms in total. The smallest absolute Gasteiger partial charge is 0.309 e. The average molecular weight is 1470 g/mol. The quantitative estimate of drug-likeness (QED) is 0.0629. The van der Waals surface area contributed by atoms with Gasteiger partial charge in [0.2, 0.25) is 23.6 Å². The van der Waals surface area contributed by atoms with Crippen LogP contribution in [0.3, 0.4) is 0 Å². The molecule has 0 spiro atoms. The second-order valence-electron chi connectivity index (χ2n) is 44.0. The van der Waals surface area contributed by atoms with Crippen LogP contribution in [-0.2, 0) is 38.2 Å². The van der Waals surface area contributed by atoms with Crippen molar-refractivity contribution in [2.45, 2.75) is 387 Å². The van der Waals surface area contributed by atoms with E-state index in [0.29, 0.717) is 97.4 Å². The molecule has 0 bridgehead atoms. The van der Waals surface area contributed by atoms with E-state index < -0.39 is 0 Å². The van der Waals surface area contributed by atoms with Crippen molar-refractivity contribution in [3.05, 3.63) is 0 Å². The summed E-state index contributed by atoms with van der Waals surface area (Å²) >= 11 is 0. The van der Waals surface area contributed by atoms with Crippen LogP contribution in [0.5, 0.6) is 0 Å². The Labute approximate surface area is 643 Å². The zero-order valence-electron chi connectivity index (χ0n) is 74.2. The summed E-state index contributed by atoms with van der Waals surface area (Å²) in [5.74, 6) is 1.74. The molecule has 6 unspecified atom stereocenters. The number of esters is 1. The number of likely N-dealkylation sites (tertiary alicyclic amines) is 3. The number of hydrogen-bond acceptors (Lipinski definition) is 10. The molecule has 14 heteroatoms. The summed E-state index contributed by atoms with van der Waals surface area (Å²) in [4.78, 5) is 71.4. The fourth-order valence-electron chi connectivity index (χ4n) is 14.8. The van der Waals surface area contributed by atoms with E-state index in [2.05, 4.69) is 213 Å². The Hall–Kier alpha value is -2.81. The van der Waals surface area contributed by atoms with Crippen LogP contribution in [0.4, 0.5) is 0 Å². The minimum Gasteiger partial charge on any atom is -0.457 e. The first kappa shape index (κ1) is 99.2. The molecular weight excluding hydrogens is 1300 g/mol. The van der Waals surface area contributed by atoms with Crippen LogP contribution in [-0.4, -0.2) is 157 Å². The number of hydrogen-bond donors (Lipinski definition) is 2. The van der Waals surface area contributed by atoms with E-state index in [0.717, 1.165) is 103 Å². The molecule has 5 aliphatic rings. The monoisotopic (exact) mass is 1470 g/mol. The van der Waals surface area contributed by atoms with Crippen molar-refractivity contribution in [1.29, 1.82) is 0 Å². The maximum absolute atomic E-state index is 12.9. The maximum atomic E-state index is 12.9. The molecule has 0 aromatic carbocycles. The molecule has 5 rings (SSSR count). The first-order valence-electron chi connectivity index (χ1n) is 42.2. The third kappa shape index (κ3) is 44.1. The molecule has 2 N–H and O–H groups in total. The van der Waals surface area contributed by atoms with E-state index in [-0.39, 0.29) is 86.9 Å². The van der Waals surface area contributed by atoms with Gasteiger partial charge in [0.05, 0.1) is 44.6 Å². The van der Waals surface area contributed by atoms with Crippen molar-refractivity contribution < 1.29 is 48.4 Å². The maximum Gasteiger partial charge on any atom is 0.309 e. The first-order valence-corrected chi connectivity index (χ1v) is 42.2. The van der Waals surface area contributed by atoms with E-state index in [4.69, 9.17) is 14.2 Å². The number of aliphatic hydroxyl groups is 2. The molecule has 4 amide bonds. The Morgan fingerprint density at radius 3 is 0.827 bits per heavy atom. The molecule has 6 atom stereocenters. The standard InChI is InChI=1S/C19H37NO2.2C18H35NO2.C18H35NO.C17H32O3/c1-18(2,3)12-8-7-9-16(19(4,5)6)17(22)20-13-10-15(21)11-14-20;1-17(2,3)11-8-7-9-15(18(4,5)6)16(21)19-12-10-14(20)13-19;1-17(2,3)10-8-7-9-15(18(4,5)6)16(20)19-11-13-21-14-12-19;1-17(2,3)12-8-7-11-15(18(4,5)6)16(20)19-13-9-10-14-19;1-16(2,3)10-8-7-9-14(17(4,5)6)15(18)20-13-11-19-12-13/h15-16,21H,7-14H2,1-6H3;14-15,20H,7-13H2,1-6H3;15H,7-14H2,1-6H3;15H,7-14H2,1-6H3;13-14H,7-12H2,1-6H3. The Kier molecular flexibility index (Phi) is 42.8. The fraction of sp³-hybridized carbons (Fsp3) is 0.944. The number of rotatable bonds is 26. The van der Waals surface area contributed by atoms with Crippen LogP contribution >= 0.6 is 0 Å². The fourth-order valence-corrected chi connectivity index (χ4v) is 14.8. The topological polar surface area (TPSA) is 166 Å². The highest BCUT2D eigenvalue weighted by Gasteiger charge is 2.40. The zero-order valence-corrected chi connectivity index (χ0v) is 74.2. The zero-order chi connectivity index (χ0) is 80.1. The summed E-state index contributed by atoms with van der Waals surface area (Å²) in [5, 5.41) is 19.3. The van der Waals surface area contributed by atoms with Crippen molar-refractivity contribution in [1.82, 2.24) is 19.6 Å². The summed E-state index contributed by atoms with van der Waals surface area (Å²) in [6.45, 7) is 75.4.